The van der Waals surface area contributed by atoms with Crippen LogP contribution in [-0.4, -0.2) is 14.3 Å². The topological polar surface area (TPSA) is 39.8 Å². The van der Waals surface area contributed by atoms with E-state index in [0.717, 1.165) is 33.7 Å². The van der Waals surface area contributed by atoms with Gasteiger partial charge in [-0.3, -0.25) is 9.48 Å². The normalized spacial score (nSPS) is 10.4. The molecule has 0 aromatic carbocycles. The molecule has 5 heteroatoms. The van der Waals surface area contributed by atoms with E-state index in [4.69, 9.17) is 0 Å². The number of pyridine rings is 1. The Morgan fingerprint density at radius 2 is 1.89 bits per heavy atom. The molecule has 0 radical (unpaired) electrons. The number of hydrogen-bond donors (Lipinski definition) is 0. The third kappa shape index (κ3) is 2.66. The molecule has 2 aromatic heterocycles. The Balaban J connectivity index is 0.00000180. The lowest BCUT2D eigenvalue weighted by Crippen LogP contribution is -2.21. The van der Waals surface area contributed by atoms with Crippen LogP contribution in [0.5, 0.6) is 0 Å². The van der Waals surface area contributed by atoms with E-state index in [1.165, 1.54) is 0 Å². The molecule has 0 saturated heterocycles. The van der Waals surface area contributed by atoms with Gasteiger partial charge in [0, 0.05) is 25.2 Å². The minimum absolute atomic E-state index is 0. The quantitative estimate of drug-likeness (QED) is 0.850. The highest BCUT2D eigenvalue weighted by Gasteiger charge is 2.14. The first kappa shape index (κ1) is 15.7. The maximum atomic E-state index is 12.0. The maximum absolute atomic E-state index is 12.0. The first-order chi connectivity index (χ1) is 8.45. The van der Waals surface area contributed by atoms with Crippen molar-refractivity contribution in [2.45, 2.75) is 34.7 Å². The number of aryl methyl sites for hydroxylation is 3. The van der Waals surface area contributed by atoms with Crippen LogP contribution in [0, 0.1) is 13.8 Å². The second kappa shape index (κ2) is 5.74. The molecule has 0 aliphatic heterocycles. The van der Waals surface area contributed by atoms with Gasteiger partial charge in [-0.05, 0) is 48.3 Å². The first-order valence-electron chi connectivity index (χ1n) is 5.86. The third-order valence-electron chi connectivity index (χ3n) is 3.06. The second-order valence-electron chi connectivity index (χ2n) is 4.39. The molecule has 0 unspecified atom stereocenters. The molecule has 0 fully saturated rings. The van der Waals surface area contributed by atoms with E-state index in [2.05, 4.69) is 21.0 Å². The molecule has 0 spiro atoms. The van der Waals surface area contributed by atoms with Gasteiger partial charge in [-0.25, -0.2) is 0 Å². The van der Waals surface area contributed by atoms with Crippen molar-refractivity contribution < 1.29 is 0 Å². The highest BCUT2D eigenvalue weighted by atomic mass is 79.9. The van der Waals surface area contributed by atoms with E-state index in [1.54, 1.807) is 11.6 Å². The summed E-state index contributed by atoms with van der Waals surface area (Å²) in [4.78, 5) is 12.0. The molecule has 0 bridgehead atoms. The third-order valence-corrected chi connectivity index (χ3v) is 3.70. The number of halogens is 1. The van der Waals surface area contributed by atoms with Crippen molar-refractivity contribution in [3.05, 3.63) is 38.2 Å². The number of nitrogens with zero attached hydrogens (tertiary/aromatic N) is 3. The van der Waals surface area contributed by atoms with E-state index in [-0.39, 0.29) is 13.0 Å². The van der Waals surface area contributed by atoms with Crippen LogP contribution in [0.3, 0.4) is 0 Å². The molecular weight excluding hydrogens is 306 g/mol. The highest BCUT2D eigenvalue weighted by molar-refractivity contribution is 9.10. The monoisotopic (exact) mass is 325 g/mol. The molecule has 4 nitrogen and oxygen atoms in total. The Morgan fingerprint density at radius 3 is 2.42 bits per heavy atom. The van der Waals surface area contributed by atoms with E-state index < -0.39 is 0 Å². The SMILES string of the molecule is C.CCn1nc(-c2c(C)cc(C)c(=O)n2C)cc1Br. The zero-order valence-electron chi connectivity index (χ0n) is 11.0. The minimum atomic E-state index is 0. The van der Waals surface area contributed by atoms with Gasteiger partial charge in [0.25, 0.3) is 5.56 Å². The Kier molecular flexibility index (Phi) is 4.74. The van der Waals surface area contributed by atoms with Gasteiger partial charge in [0.15, 0.2) is 0 Å². The molecule has 2 rings (SSSR count). The van der Waals surface area contributed by atoms with Gasteiger partial charge in [0.1, 0.15) is 10.3 Å². The van der Waals surface area contributed by atoms with Gasteiger partial charge >= 0.3 is 0 Å². The van der Waals surface area contributed by atoms with Crippen LogP contribution in [-0.2, 0) is 13.6 Å². The number of hydrogen-bond acceptors (Lipinski definition) is 2. The zero-order valence-corrected chi connectivity index (χ0v) is 12.6. The Labute approximate surface area is 122 Å². The predicted octanol–water partition coefficient (Wildman–Crippen LogP) is 3.28. The average Bonchev–Trinajstić information content (AvgIpc) is 2.67. The van der Waals surface area contributed by atoms with E-state index >= 15 is 0 Å². The van der Waals surface area contributed by atoms with Gasteiger partial charge in [-0.1, -0.05) is 7.43 Å². The fraction of sp³-hybridized carbons (Fsp3) is 0.429. The van der Waals surface area contributed by atoms with Gasteiger partial charge in [0.2, 0.25) is 0 Å². The molecule has 0 aliphatic carbocycles. The van der Waals surface area contributed by atoms with Gasteiger partial charge in [0.05, 0.1) is 5.69 Å². The summed E-state index contributed by atoms with van der Waals surface area (Å²) in [6.45, 7) is 6.66. The summed E-state index contributed by atoms with van der Waals surface area (Å²) in [7, 11) is 1.79. The molecule has 19 heavy (non-hydrogen) atoms. The van der Waals surface area contributed by atoms with Crippen molar-refractivity contribution in [2.75, 3.05) is 0 Å². The molecule has 104 valence electrons. The standard InChI is InChI=1S/C13H16BrN3O.CH4/c1-5-17-11(14)7-10(15-17)12-8(2)6-9(3)13(18)16(12)4;/h6-7H,5H2,1-4H3;1H4. The molecule has 0 saturated carbocycles. The van der Waals surface area contributed by atoms with Crippen LogP contribution < -0.4 is 5.56 Å². The highest BCUT2D eigenvalue weighted by Crippen LogP contribution is 2.24. The minimum Gasteiger partial charge on any atom is -0.309 e. The Bertz CT molecular complexity index is 655. The lowest BCUT2D eigenvalue weighted by molar-refractivity contribution is 0.646. The smallest absolute Gasteiger partial charge is 0.253 e. The molecule has 2 aromatic rings. The van der Waals surface area contributed by atoms with E-state index in [1.807, 2.05) is 37.6 Å². The molecule has 0 amide bonds. The Morgan fingerprint density at radius 1 is 1.26 bits per heavy atom. The summed E-state index contributed by atoms with van der Waals surface area (Å²) in [6, 6.07) is 3.86. The first-order valence-corrected chi connectivity index (χ1v) is 6.66. The molecule has 0 N–H and O–H groups in total. The molecule has 0 aliphatic rings. The van der Waals surface area contributed by atoms with Crippen LogP contribution in [0.1, 0.15) is 25.5 Å². The number of rotatable bonds is 2. The van der Waals surface area contributed by atoms with Crippen LogP contribution in [0.15, 0.2) is 21.5 Å². The van der Waals surface area contributed by atoms with Crippen LogP contribution in [0.2, 0.25) is 0 Å². The fourth-order valence-electron chi connectivity index (χ4n) is 2.19. The van der Waals surface area contributed by atoms with Crippen LogP contribution >= 0.6 is 15.9 Å². The largest absolute Gasteiger partial charge is 0.309 e. The summed E-state index contributed by atoms with van der Waals surface area (Å²) in [5, 5.41) is 4.50. The second-order valence-corrected chi connectivity index (χ2v) is 5.20. The average molecular weight is 326 g/mol. The van der Waals surface area contributed by atoms with Crippen LogP contribution in [0.25, 0.3) is 11.4 Å². The lowest BCUT2D eigenvalue weighted by Gasteiger charge is -2.10. The lowest BCUT2D eigenvalue weighted by atomic mass is 10.1. The zero-order chi connectivity index (χ0) is 13.4. The number of aromatic nitrogens is 3. The van der Waals surface area contributed by atoms with Crippen molar-refractivity contribution in [3.63, 3.8) is 0 Å². The van der Waals surface area contributed by atoms with Crippen molar-refractivity contribution in [2.24, 2.45) is 7.05 Å². The summed E-state index contributed by atoms with van der Waals surface area (Å²) >= 11 is 3.47. The van der Waals surface area contributed by atoms with Crippen molar-refractivity contribution >= 4 is 15.9 Å². The summed E-state index contributed by atoms with van der Waals surface area (Å²) in [6.07, 6.45) is 0. The van der Waals surface area contributed by atoms with Crippen molar-refractivity contribution in [3.8, 4) is 11.4 Å². The Hall–Kier alpha value is -1.36. The van der Waals surface area contributed by atoms with Gasteiger partial charge in [-0.15, -0.1) is 0 Å². The fourth-order valence-corrected chi connectivity index (χ4v) is 2.74. The van der Waals surface area contributed by atoms with Crippen LogP contribution in [0.4, 0.5) is 0 Å². The van der Waals surface area contributed by atoms with Gasteiger partial charge in [-0.2, -0.15) is 5.10 Å². The van der Waals surface area contributed by atoms with E-state index in [0.29, 0.717) is 0 Å². The van der Waals surface area contributed by atoms with Crippen molar-refractivity contribution in [1.82, 2.24) is 14.3 Å². The molecule has 2 heterocycles. The van der Waals surface area contributed by atoms with E-state index in [9.17, 15) is 4.79 Å². The summed E-state index contributed by atoms with van der Waals surface area (Å²) in [5.74, 6) is 0. The molecule has 0 atom stereocenters. The summed E-state index contributed by atoms with van der Waals surface area (Å²) < 4.78 is 4.45. The molecular formula is C14H20BrN3O. The maximum Gasteiger partial charge on any atom is 0.253 e. The van der Waals surface area contributed by atoms with Gasteiger partial charge < -0.3 is 4.57 Å². The summed E-state index contributed by atoms with van der Waals surface area (Å²) in [5.41, 5.74) is 3.53. The van der Waals surface area contributed by atoms with Crippen molar-refractivity contribution in [1.29, 1.82) is 0 Å². The predicted molar refractivity (Wildman–Crippen MR) is 82.5 cm³/mol.